The van der Waals surface area contributed by atoms with E-state index in [-0.39, 0.29) is 0 Å². The van der Waals surface area contributed by atoms with Gasteiger partial charge >= 0.3 is 0 Å². The largest absolute Gasteiger partial charge is 0.383 e. The van der Waals surface area contributed by atoms with Crippen LogP contribution >= 0.6 is 0 Å². The quantitative estimate of drug-likeness (QED) is 0.283. The molecule has 1 aromatic carbocycles. The molecule has 1 aliphatic heterocycles. The molecule has 1 heterocycles. The highest BCUT2D eigenvalue weighted by molar-refractivity contribution is 5.96. The van der Waals surface area contributed by atoms with E-state index in [1.54, 1.807) is 7.11 Å². The normalized spacial score (nSPS) is 15.9. The number of aliphatic imine (C=N–C) groups is 1. The van der Waals surface area contributed by atoms with Crippen molar-refractivity contribution in [3.05, 3.63) is 29.8 Å². The number of para-hydroxylation sites is 1. The summed E-state index contributed by atoms with van der Waals surface area (Å²) in [5.41, 5.74) is 5.28. The van der Waals surface area contributed by atoms with Gasteiger partial charge < -0.3 is 9.64 Å². The van der Waals surface area contributed by atoms with Crippen LogP contribution in [-0.4, -0.2) is 32.8 Å². The maximum absolute atomic E-state index is 5.63. The van der Waals surface area contributed by atoms with Gasteiger partial charge in [0.05, 0.1) is 13.2 Å². The lowest BCUT2D eigenvalue weighted by Crippen LogP contribution is -2.45. The van der Waals surface area contributed by atoms with Gasteiger partial charge in [0.1, 0.15) is 0 Å². The number of methoxy groups -OCH3 is 1. The zero-order chi connectivity index (χ0) is 13.5. The Labute approximate surface area is 114 Å². The van der Waals surface area contributed by atoms with Gasteiger partial charge in [-0.3, -0.25) is 5.43 Å². The lowest BCUT2D eigenvalue weighted by atomic mass is 10.1. The maximum atomic E-state index is 5.63. The van der Waals surface area contributed by atoms with Gasteiger partial charge in [-0.15, -0.1) is 0 Å². The predicted molar refractivity (Wildman–Crippen MR) is 78.2 cm³/mol. The van der Waals surface area contributed by atoms with E-state index >= 15 is 0 Å². The van der Waals surface area contributed by atoms with Crippen molar-refractivity contribution in [1.82, 2.24) is 5.43 Å². The Morgan fingerprint density at radius 3 is 3.05 bits per heavy atom. The number of nitrogens with two attached hydrogens (primary N) is 1. The minimum atomic E-state index is 0.598. The number of hydrazine groups is 1. The van der Waals surface area contributed by atoms with Crippen LogP contribution in [0.5, 0.6) is 0 Å². The van der Waals surface area contributed by atoms with Gasteiger partial charge in [-0.2, -0.15) is 0 Å². The van der Waals surface area contributed by atoms with Gasteiger partial charge in [-0.1, -0.05) is 18.2 Å². The van der Waals surface area contributed by atoms with Crippen molar-refractivity contribution in [2.24, 2.45) is 10.8 Å². The number of hydrogen-bond donors (Lipinski definition) is 2. The summed E-state index contributed by atoms with van der Waals surface area (Å²) in [5.74, 6) is 6.34. The number of fused-ring (bicyclic) bond motifs is 1. The van der Waals surface area contributed by atoms with Gasteiger partial charge in [0.25, 0.3) is 0 Å². The van der Waals surface area contributed by atoms with Crippen LogP contribution in [-0.2, 0) is 11.2 Å². The van der Waals surface area contributed by atoms with Crippen LogP contribution in [0.3, 0.4) is 0 Å². The second-order valence-electron chi connectivity index (χ2n) is 4.58. The second-order valence-corrected chi connectivity index (χ2v) is 4.58. The van der Waals surface area contributed by atoms with Crippen LogP contribution < -0.4 is 16.2 Å². The van der Waals surface area contributed by atoms with Crippen LogP contribution in [0.25, 0.3) is 0 Å². The summed E-state index contributed by atoms with van der Waals surface area (Å²) >= 11 is 0. The van der Waals surface area contributed by atoms with Crippen LogP contribution in [0.1, 0.15) is 18.4 Å². The minimum absolute atomic E-state index is 0.598. The molecule has 0 saturated heterocycles. The molecule has 1 aliphatic rings. The summed E-state index contributed by atoms with van der Waals surface area (Å²) in [4.78, 5) is 6.64. The van der Waals surface area contributed by atoms with E-state index in [1.165, 1.54) is 17.7 Å². The molecule has 0 spiro atoms. The lowest BCUT2D eigenvalue weighted by Gasteiger charge is -2.25. The molecule has 5 nitrogen and oxygen atoms in total. The topological polar surface area (TPSA) is 62.9 Å². The van der Waals surface area contributed by atoms with E-state index in [9.17, 15) is 0 Å². The fourth-order valence-electron chi connectivity index (χ4n) is 2.36. The first-order valence-corrected chi connectivity index (χ1v) is 6.72. The highest BCUT2D eigenvalue weighted by Crippen LogP contribution is 2.25. The first-order valence-electron chi connectivity index (χ1n) is 6.72. The number of nitrogens with one attached hydrogen (secondary N) is 1. The number of anilines is 1. The average molecular weight is 262 g/mol. The molecule has 19 heavy (non-hydrogen) atoms. The summed E-state index contributed by atoms with van der Waals surface area (Å²) in [6.07, 6.45) is 3.45. The molecule has 0 amide bonds. The van der Waals surface area contributed by atoms with Crippen molar-refractivity contribution >= 4 is 11.6 Å². The molecular formula is C14H22N4O. The van der Waals surface area contributed by atoms with Gasteiger partial charge in [-0.05, 0) is 30.9 Å². The van der Waals surface area contributed by atoms with Crippen LogP contribution in [0.2, 0.25) is 0 Å². The Kier molecular flexibility index (Phi) is 5.18. The molecule has 0 saturated carbocycles. The summed E-state index contributed by atoms with van der Waals surface area (Å²) in [6.45, 7) is 2.14. The molecule has 0 bridgehead atoms. The van der Waals surface area contributed by atoms with Crippen molar-refractivity contribution in [3.8, 4) is 0 Å². The SMILES string of the molecule is COCCN=C(NN)N1CCCCc2ccccc21. The van der Waals surface area contributed by atoms with E-state index in [0.717, 1.165) is 19.4 Å². The van der Waals surface area contributed by atoms with E-state index in [0.29, 0.717) is 19.1 Å². The first-order chi connectivity index (χ1) is 9.36. The van der Waals surface area contributed by atoms with Gasteiger partial charge in [-0.25, -0.2) is 10.8 Å². The third kappa shape index (κ3) is 3.45. The number of rotatable bonds is 3. The van der Waals surface area contributed by atoms with Crippen molar-refractivity contribution in [2.45, 2.75) is 19.3 Å². The molecule has 104 valence electrons. The lowest BCUT2D eigenvalue weighted by molar-refractivity contribution is 0.208. The highest BCUT2D eigenvalue weighted by Gasteiger charge is 2.18. The maximum Gasteiger partial charge on any atom is 0.213 e. The molecular weight excluding hydrogens is 240 g/mol. The first kappa shape index (κ1) is 13.8. The molecule has 1 aromatic rings. The Morgan fingerprint density at radius 1 is 1.42 bits per heavy atom. The van der Waals surface area contributed by atoms with Gasteiger partial charge in [0.2, 0.25) is 5.96 Å². The van der Waals surface area contributed by atoms with Gasteiger partial charge in [0.15, 0.2) is 0 Å². The number of guanidine groups is 1. The van der Waals surface area contributed by atoms with E-state index in [4.69, 9.17) is 10.6 Å². The Balaban J connectivity index is 2.24. The average Bonchev–Trinajstić information content (AvgIpc) is 2.66. The highest BCUT2D eigenvalue weighted by atomic mass is 16.5. The second kappa shape index (κ2) is 7.11. The third-order valence-corrected chi connectivity index (χ3v) is 3.30. The summed E-state index contributed by atoms with van der Waals surface area (Å²) in [5, 5.41) is 0. The minimum Gasteiger partial charge on any atom is -0.383 e. The molecule has 0 fully saturated rings. The molecule has 2 rings (SSSR count). The van der Waals surface area contributed by atoms with E-state index in [1.807, 2.05) is 0 Å². The monoisotopic (exact) mass is 262 g/mol. The zero-order valence-corrected chi connectivity index (χ0v) is 11.4. The molecule has 3 N–H and O–H groups in total. The number of hydrogen-bond acceptors (Lipinski definition) is 3. The van der Waals surface area contributed by atoms with Gasteiger partial charge in [0, 0.05) is 19.3 Å². The summed E-state index contributed by atoms with van der Waals surface area (Å²) in [7, 11) is 1.67. The molecule has 0 aromatic heterocycles. The summed E-state index contributed by atoms with van der Waals surface area (Å²) < 4.78 is 5.02. The zero-order valence-electron chi connectivity index (χ0n) is 11.4. The van der Waals surface area contributed by atoms with Crippen molar-refractivity contribution in [3.63, 3.8) is 0 Å². The van der Waals surface area contributed by atoms with Crippen LogP contribution in [0, 0.1) is 0 Å². The number of aryl methyl sites for hydroxylation is 1. The number of nitrogens with zero attached hydrogens (tertiary/aromatic N) is 2. The fraction of sp³-hybridized carbons (Fsp3) is 0.500. The van der Waals surface area contributed by atoms with Crippen molar-refractivity contribution in [2.75, 3.05) is 31.7 Å². The van der Waals surface area contributed by atoms with Crippen molar-refractivity contribution < 1.29 is 4.74 Å². The fourth-order valence-corrected chi connectivity index (χ4v) is 2.36. The third-order valence-electron chi connectivity index (χ3n) is 3.30. The van der Waals surface area contributed by atoms with E-state index < -0.39 is 0 Å². The molecule has 0 radical (unpaired) electrons. The smallest absolute Gasteiger partial charge is 0.213 e. The Morgan fingerprint density at radius 2 is 2.26 bits per heavy atom. The number of benzene rings is 1. The summed E-state index contributed by atoms with van der Waals surface area (Å²) in [6, 6.07) is 8.45. The molecule has 0 atom stereocenters. The van der Waals surface area contributed by atoms with Crippen LogP contribution in [0.4, 0.5) is 5.69 Å². The Hall–Kier alpha value is -1.59. The van der Waals surface area contributed by atoms with Crippen LogP contribution in [0.15, 0.2) is 29.3 Å². The molecule has 5 heteroatoms. The predicted octanol–water partition coefficient (Wildman–Crippen LogP) is 1.29. The molecule has 0 aliphatic carbocycles. The Bertz CT molecular complexity index is 433. The molecule has 0 unspecified atom stereocenters. The van der Waals surface area contributed by atoms with Crippen molar-refractivity contribution in [1.29, 1.82) is 0 Å². The standard InChI is InChI=1S/C14H22N4O/c1-19-11-9-16-14(17-15)18-10-5-4-7-12-6-2-3-8-13(12)18/h2-3,6,8H,4-5,7,9-11,15H2,1H3,(H,16,17). The number of ether oxygens (including phenoxy) is 1. The van der Waals surface area contributed by atoms with E-state index in [2.05, 4.69) is 39.6 Å².